The standard InChI is InChI=1S/C44H47F/c1-4-10-34-13-19-36(20-14-34)42-30-23-37(31-43(42)45)35-21-28-41(29-22-35)44(38-11-8-7-9-12-38,39-24-15-32(5-2)16-25-39)40-26-17-33(6-3)18-27-40/h13-31,38H,4-12H2,1-3H3. The lowest BCUT2D eigenvalue weighted by molar-refractivity contribution is 0.271. The van der Waals surface area contributed by atoms with Crippen LogP contribution in [0.25, 0.3) is 22.3 Å². The van der Waals surface area contributed by atoms with Gasteiger partial charge >= 0.3 is 0 Å². The molecule has 1 saturated carbocycles. The molecule has 0 N–H and O–H groups in total. The maximum absolute atomic E-state index is 15.5. The smallest absolute Gasteiger partial charge is 0.131 e. The first kappa shape index (κ1) is 31.0. The van der Waals surface area contributed by atoms with Crippen LogP contribution in [-0.2, 0) is 24.7 Å². The highest BCUT2D eigenvalue weighted by molar-refractivity contribution is 5.72. The quantitative estimate of drug-likeness (QED) is 0.141. The van der Waals surface area contributed by atoms with Gasteiger partial charge in [-0.05, 0) is 94.2 Å². The van der Waals surface area contributed by atoms with Crippen molar-refractivity contribution in [1.29, 1.82) is 0 Å². The van der Waals surface area contributed by atoms with Crippen molar-refractivity contribution < 1.29 is 4.39 Å². The summed E-state index contributed by atoms with van der Waals surface area (Å²) in [6, 6.07) is 41.9. The van der Waals surface area contributed by atoms with E-state index in [-0.39, 0.29) is 11.2 Å². The molecule has 45 heavy (non-hydrogen) atoms. The van der Waals surface area contributed by atoms with Crippen LogP contribution in [0.1, 0.15) is 92.7 Å². The summed E-state index contributed by atoms with van der Waals surface area (Å²) in [5, 5.41) is 0. The third-order valence-corrected chi connectivity index (χ3v) is 10.3. The Hall–Kier alpha value is -3.97. The minimum Gasteiger partial charge on any atom is -0.206 e. The fraction of sp³-hybridized carbons (Fsp3) is 0.318. The van der Waals surface area contributed by atoms with E-state index in [1.54, 1.807) is 6.07 Å². The normalized spacial score (nSPS) is 14.0. The average Bonchev–Trinajstić information content (AvgIpc) is 3.10. The van der Waals surface area contributed by atoms with E-state index in [1.165, 1.54) is 65.5 Å². The fourth-order valence-corrected chi connectivity index (χ4v) is 7.74. The zero-order valence-corrected chi connectivity index (χ0v) is 27.3. The minimum atomic E-state index is -0.240. The van der Waals surface area contributed by atoms with Crippen molar-refractivity contribution in [2.45, 2.75) is 84.0 Å². The van der Waals surface area contributed by atoms with Crippen molar-refractivity contribution in [2.75, 3.05) is 0 Å². The second-order valence-electron chi connectivity index (χ2n) is 13.0. The Morgan fingerprint density at radius 2 is 1.00 bits per heavy atom. The van der Waals surface area contributed by atoms with Gasteiger partial charge in [-0.25, -0.2) is 4.39 Å². The third kappa shape index (κ3) is 6.28. The Morgan fingerprint density at radius 1 is 0.533 bits per heavy atom. The van der Waals surface area contributed by atoms with Gasteiger partial charge in [0.15, 0.2) is 0 Å². The SMILES string of the molecule is CCCc1ccc(-c2ccc(-c3ccc(C(c4ccc(CC)cc4)(c4ccc(CC)cc4)C4CCCCC4)cc3)cc2F)cc1. The lowest BCUT2D eigenvalue weighted by Crippen LogP contribution is -2.39. The molecule has 0 nitrogen and oxygen atoms in total. The highest BCUT2D eigenvalue weighted by Gasteiger charge is 2.43. The lowest BCUT2D eigenvalue weighted by atomic mass is 9.58. The molecule has 1 aliphatic carbocycles. The molecule has 0 amide bonds. The van der Waals surface area contributed by atoms with Gasteiger partial charge in [-0.3, -0.25) is 0 Å². The van der Waals surface area contributed by atoms with Gasteiger partial charge in [0, 0.05) is 11.0 Å². The number of rotatable bonds is 10. The Kier molecular flexibility index (Phi) is 9.64. The summed E-state index contributed by atoms with van der Waals surface area (Å²) in [6.07, 6.45) is 10.5. The van der Waals surface area contributed by atoms with E-state index in [1.807, 2.05) is 18.2 Å². The van der Waals surface area contributed by atoms with E-state index in [2.05, 4.69) is 112 Å². The molecule has 0 unspecified atom stereocenters. The van der Waals surface area contributed by atoms with E-state index < -0.39 is 0 Å². The maximum atomic E-state index is 15.5. The average molecular weight is 595 g/mol. The molecule has 0 aliphatic heterocycles. The molecule has 5 aromatic rings. The van der Waals surface area contributed by atoms with Gasteiger partial charge in [0.1, 0.15) is 5.82 Å². The van der Waals surface area contributed by atoms with Crippen LogP contribution in [0.5, 0.6) is 0 Å². The van der Waals surface area contributed by atoms with Crippen LogP contribution in [0, 0.1) is 11.7 Å². The molecule has 0 saturated heterocycles. The predicted molar refractivity (Wildman–Crippen MR) is 189 cm³/mol. The zero-order valence-electron chi connectivity index (χ0n) is 27.3. The molecule has 230 valence electrons. The molecular formula is C44H47F. The second kappa shape index (κ2) is 14.0. The molecule has 0 heterocycles. The van der Waals surface area contributed by atoms with Crippen LogP contribution in [0.3, 0.4) is 0 Å². The molecule has 1 heteroatoms. The van der Waals surface area contributed by atoms with E-state index in [0.29, 0.717) is 11.5 Å². The maximum Gasteiger partial charge on any atom is 0.131 e. The third-order valence-electron chi connectivity index (χ3n) is 10.3. The first-order valence-electron chi connectivity index (χ1n) is 17.2. The van der Waals surface area contributed by atoms with E-state index in [0.717, 1.165) is 42.4 Å². The Labute approximate surface area is 270 Å². The number of aryl methyl sites for hydroxylation is 3. The van der Waals surface area contributed by atoms with Crippen LogP contribution in [0.2, 0.25) is 0 Å². The van der Waals surface area contributed by atoms with Gasteiger partial charge in [-0.2, -0.15) is 0 Å². The lowest BCUT2D eigenvalue weighted by Gasteiger charge is -2.45. The van der Waals surface area contributed by atoms with Crippen molar-refractivity contribution in [1.82, 2.24) is 0 Å². The van der Waals surface area contributed by atoms with Gasteiger partial charge in [0.05, 0.1) is 0 Å². The van der Waals surface area contributed by atoms with Gasteiger partial charge in [-0.1, -0.05) is 156 Å². The van der Waals surface area contributed by atoms with Crippen molar-refractivity contribution in [3.63, 3.8) is 0 Å². The van der Waals surface area contributed by atoms with Gasteiger partial charge in [-0.15, -0.1) is 0 Å². The van der Waals surface area contributed by atoms with E-state index >= 15 is 4.39 Å². The van der Waals surface area contributed by atoms with Crippen LogP contribution >= 0.6 is 0 Å². The molecule has 0 radical (unpaired) electrons. The van der Waals surface area contributed by atoms with Crippen LogP contribution < -0.4 is 0 Å². The molecule has 0 atom stereocenters. The van der Waals surface area contributed by atoms with Crippen molar-refractivity contribution in [3.05, 3.63) is 154 Å². The number of benzene rings is 5. The van der Waals surface area contributed by atoms with Gasteiger partial charge < -0.3 is 0 Å². The minimum absolute atomic E-state index is 0.177. The number of hydrogen-bond donors (Lipinski definition) is 0. The molecule has 0 aromatic heterocycles. The second-order valence-corrected chi connectivity index (χ2v) is 13.0. The Bertz CT molecular complexity index is 1620. The van der Waals surface area contributed by atoms with Gasteiger partial charge in [0.25, 0.3) is 0 Å². The van der Waals surface area contributed by atoms with Crippen molar-refractivity contribution >= 4 is 0 Å². The molecular weight excluding hydrogens is 547 g/mol. The summed E-state index contributed by atoms with van der Waals surface area (Å²) in [5.74, 6) is 0.334. The highest BCUT2D eigenvalue weighted by atomic mass is 19.1. The molecule has 6 rings (SSSR count). The van der Waals surface area contributed by atoms with Crippen molar-refractivity contribution in [3.8, 4) is 22.3 Å². The van der Waals surface area contributed by atoms with E-state index in [4.69, 9.17) is 0 Å². The highest BCUT2D eigenvalue weighted by Crippen LogP contribution is 2.51. The predicted octanol–water partition coefficient (Wildman–Crippen LogP) is 12.2. The fourth-order valence-electron chi connectivity index (χ4n) is 7.74. The summed E-state index contributed by atoms with van der Waals surface area (Å²) in [7, 11) is 0. The van der Waals surface area contributed by atoms with Crippen LogP contribution in [-0.4, -0.2) is 0 Å². The first-order valence-corrected chi connectivity index (χ1v) is 17.2. The zero-order chi connectivity index (χ0) is 31.2. The Morgan fingerprint density at radius 3 is 1.49 bits per heavy atom. The van der Waals surface area contributed by atoms with E-state index in [9.17, 15) is 0 Å². The summed E-state index contributed by atoms with van der Waals surface area (Å²) in [4.78, 5) is 0. The molecule has 5 aromatic carbocycles. The monoisotopic (exact) mass is 594 g/mol. The largest absolute Gasteiger partial charge is 0.206 e. The number of halogens is 1. The van der Waals surface area contributed by atoms with Gasteiger partial charge in [0.2, 0.25) is 0 Å². The Balaban J connectivity index is 1.42. The molecule has 0 bridgehead atoms. The first-order chi connectivity index (χ1) is 22.1. The molecule has 1 aliphatic rings. The molecule has 1 fully saturated rings. The van der Waals surface area contributed by atoms with Crippen molar-refractivity contribution in [2.24, 2.45) is 5.92 Å². The summed E-state index contributed by atoms with van der Waals surface area (Å²) in [5.41, 5.74) is 11.4. The topological polar surface area (TPSA) is 0 Å². The number of hydrogen-bond acceptors (Lipinski definition) is 0. The summed E-state index contributed by atoms with van der Waals surface area (Å²) in [6.45, 7) is 6.64. The van der Waals surface area contributed by atoms with Crippen LogP contribution in [0.4, 0.5) is 4.39 Å². The summed E-state index contributed by atoms with van der Waals surface area (Å²) >= 11 is 0. The van der Waals surface area contributed by atoms with Crippen LogP contribution in [0.15, 0.2) is 115 Å². The summed E-state index contributed by atoms with van der Waals surface area (Å²) < 4.78 is 15.5. The molecule has 0 spiro atoms.